The molecule has 1 aliphatic carbocycles. The quantitative estimate of drug-likeness (QED) is 0.839. The van der Waals surface area contributed by atoms with E-state index in [1.165, 1.54) is 24.2 Å². The maximum atomic E-state index is 13.0. The van der Waals surface area contributed by atoms with E-state index >= 15 is 0 Å². The number of carbonyl (C=O) groups is 1. The molecule has 1 aromatic carbocycles. The van der Waals surface area contributed by atoms with E-state index in [1.54, 1.807) is 0 Å². The van der Waals surface area contributed by atoms with Gasteiger partial charge in [-0.05, 0) is 43.4 Å². The molecule has 1 aliphatic rings. The number of amides is 1. The number of halogens is 2. The van der Waals surface area contributed by atoms with E-state index < -0.39 is 11.6 Å². The van der Waals surface area contributed by atoms with Crippen molar-refractivity contribution in [2.45, 2.75) is 43.5 Å². The van der Waals surface area contributed by atoms with Crippen molar-refractivity contribution in [3.63, 3.8) is 0 Å². The second kappa shape index (κ2) is 7.07. The highest BCUT2D eigenvalue weighted by molar-refractivity contribution is 7.99. The maximum Gasteiger partial charge on any atom is 0.221 e. The third-order valence-electron chi connectivity index (χ3n) is 3.55. The molecule has 2 nitrogen and oxygen atoms in total. The molecular formula is C15H19F2NOS. The van der Waals surface area contributed by atoms with Crippen LogP contribution in [0.4, 0.5) is 8.78 Å². The van der Waals surface area contributed by atoms with Crippen LogP contribution in [0.2, 0.25) is 0 Å². The summed E-state index contributed by atoms with van der Waals surface area (Å²) >= 11 is 1.36. The molecule has 1 amide bonds. The maximum absolute atomic E-state index is 13.0. The fourth-order valence-electron chi connectivity index (χ4n) is 2.47. The number of benzene rings is 1. The van der Waals surface area contributed by atoms with Gasteiger partial charge in [-0.3, -0.25) is 4.79 Å². The van der Waals surface area contributed by atoms with Crippen molar-refractivity contribution in [2.75, 3.05) is 5.75 Å². The Morgan fingerprint density at radius 2 is 2.15 bits per heavy atom. The number of hydrogen-bond donors (Lipinski definition) is 1. The summed E-state index contributed by atoms with van der Waals surface area (Å²) in [6.07, 6.45) is 3.69. The van der Waals surface area contributed by atoms with E-state index in [0.717, 1.165) is 25.0 Å². The lowest BCUT2D eigenvalue weighted by Gasteiger charge is -2.12. The third-order valence-corrected chi connectivity index (χ3v) is 4.54. The summed E-state index contributed by atoms with van der Waals surface area (Å²) in [4.78, 5) is 12.4. The van der Waals surface area contributed by atoms with Crippen LogP contribution in [0.3, 0.4) is 0 Å². The van der Waals surface area contributed by atoms with Crippen LogP contribution in [-0.2, 0) is 4.79 Å². The van der Waals surface area contributed by atoms with Crippen LogP contribution in [0.5, 0.6) is 0 Å². The number of hydrogen-bond acceptors (Lipinski definition) is 2. The SMILES string of the molecule is CC1CCC(NC(=O)CCSc2ccc(F)c(F)c2)C1. The van der Waals surface area contributed by atoms with E-state index in [0.29, 0.717) is 29.0 Å². The van der Waals surface area contributed by atoms with Gasteiger partial charge in [0.1, 0.15) is 0 Å². The molecule has 0 saturated heterocycles. The first-order valence-corrected chi connectivity index (χ1v) is 7.90. The Morgan fingerprint density at radius 3 is 2.80 bits per heavy atom. The zero-order valence-electron chi connectivity index (χ0n) is 11.5. The fraction of sp³-hybridized carbons (Fsp3) is 0.533. The van der Waals surface area contributed by atoms with Gasteiger partial charge in [0.2, 0.25) is 5.91 Å². The summed E-state index contributed by atoms with van der Waals surface area (Å²) in [5.74, 6) is -0.392. The van der Waals surface area contributed by atoms with Gasteiger partial charge in [-0.15, -0.1) is 11.8 Å². The van der Waals surface area contributed by atoms with Crippen LogP contribution < -0.4 is 5.32 Å². The van der Waals surface area contributed by atoms with Crippen LogP contribution in [-0.4, -0.2) is 17.7 Å². The highest BCUT2D eigenvalue weighted by Crippen LogP contribution is 2.25. The van der Waals surface area contributed by atoms with Gasteiger partial charge in [-0.2, -0.15) is 0 Å². The normalized spacial score (nSPS) is 21.9. The van der Waals surface area contributed by atoms with Crippen molar-refractivity contribution < 1.29 is 13.6 Å². The predicted octanol–water partition coefficient (Wildman–Crippen LogP) is 3.75. The first-order chi connectivity index (χ1) is 9.54. The molecule has 110 valence electrons. The van der Waals surface area contributed by atoms with Crippen molar-refractivity contribution >= 4 is 17.7 Å². The van der Waals surface area contributed by atoms with Crippen LogP contribution in [0.25, 0.3) is 0 Å². The fourth-order valence-corrected chi connectivity index (χ4v) is 3.34. The van der Waals surface area contributed by atoms with Gasteiger partial charge in [0, 0.05) is 23.1 Å². The van der Waals surface area contributed by atoms with Gasteiger partial charge in [0.25, 0.3) is 0 Å². The third kappa shape index (κ3) is 4.47. The average Bonchev–Trinajstić information content (AvgIpc) is 2.79. The predicted molar refractivity (Wildman–Crippen MR) is 76.6 cm³/mol. The molecular weight excluding hydrogens is 280 g/mol. The Balaban J connectivity index is 1.69. The second-order valence-corrected chi connectivity index (χ2v) is 6.53. The molecule has 1 fully saturated rings. The Kier molecular flexibility index (Phi) is 5.40. The standard InChI is InChI=1S/C15H19F2NOS/c1-10-2-3-11(8-10)18-15(19)6-7-20-12-4-5-13(16)14(17)9-12/h4-5,9-11H,2-3,6-8H2,1H3,(H,18,19). The molecule has 0 radical (unpaired) electrons. The summed E-state index contributed by atoms with van der Waals surface area (Å²) in [7, 11) is 0. The van der Waals surface area contributed by atoms with Gasteiger partial charge < -0.3 is 5.32 Å². The Morgan fingerprint density at radius 1 is 1.35 bits per heavy atom. The minimum atomic E-state index is -0.848. The smallest absolute Gasteiger partial charge is 0.221 e. The minimum absolute atomic E-state index is 0.0409. The van der Waals surface area contributed by atoms with Crippen molar-refractivity contribution in [1.82, 2.24) is 5.32 Å². The number of thioether (sulfide) groups is 1. The van der Waals surface area contributed by atoms with Crippen LogP contribution in [0, 0.1) is 17.6 Å². The molecule has 20 heavy (non-hydrogen) atoms. The molecule has 0 spiro atoms. The van der Waals surface area contributed by atoms with Gasteiger partial charge in [0.05, 0.1) is 0 Å². The zero-order chi connectivity index (χ0) is 14.5. The summed E-state index contributed by atoms with van der Waals surface area (Å²) in [6.45, 7) is 2.20. The van der Waals surface area contributed by atoms with Crippen molar-refractivity contribution in [3.8, 4) is 0 Å². The van der Waals surface area contributed by atoms with Crippen LogP contribution >= 0.6 is 11.8 Å². The summed E-state index contributed by atoms with van der Waals surface area (Å²) in [5.41, 5.74) is 0. The lowest BCUT2D eigenvalue weighted by atomic mass is 10.1. The lowest BCUT2D eigenvalue weighted by Crippen LogP contribution is -2.33. The molecule has 0 bridgehead atoms. The minimum Gasteiger partial charge on any atom is -0.353 e. The van der Waals surface area contributed by atoms with Gasteiger partial charge >= 0.3 is 0 Å². The highest BCUT2D eigenvalue weighted by atomic mass is 32.2. The van der Waals surface area contributed by atoms with Gasteiger partial charge in [0.15, 0.2) is 11.6 Å². The second-order valence-electron chi connectivity index (χ2n) is 5.36. The molecule has 2 unspecified atom stereocenters. The summed E-state index contributed by atoms with van der Waals surface area (Å²) < 4.78 is 25.8. The molecule has 5 heteroatoms. The largest absolute Gasteiger partial charge is 0.353 e. The van der Waals surface area contributed by atoms with Crippen molar-refractivity contribution in [3.05, 3.63) is 29.8 Å². The molecule has 2 rings (SSSR count). The topological polar surface area (TPSA) is 29.1 Å². The number of nitrogens with one attached hydrogen (secondary N) is 1. The monoisotopic (exact) mass is 299 g/mol. The molecule has 0 heterocycles. The number of rotatable bonds is 5. The van der Waals surface area contributed by atoms with Crippen LogP contribution in [0.15, 0.2) is 23.1 Å². The lowest BCUT2D eigenvalue weighted by molar-refractivity contribution is -0.121. The Bertz CT molecular complexity index is 481. The van der Waals surface area contributed by atoms with Crippen molar-refractivity contribution in [2.24, 2.45) is 5.92 Å². The Hall–Kier alpha value is -1.10. The average molecular weight is 299 g/mol. The van der Waals surface area contributed by atoms with E-state index in [1.807, 2.05) is 0 Å². The molecule has 1 N–H and O–H groups in total. The van der Waals surface area contributed by atoms with Gasteiger partial charge in [-0.25, -0.2) is 8.78 Å². The van der Waals surface area contributed by atoms with Gasteiger partial charge in [-0.1, -0.05) is 6.92 Å². The zero-order valence-corrected chi connectivity index (χ0v) is 12.3. The van der Waals surface area contributed by atoms with Crippen molar-refractivity contribution in [1.29, 1.82) is 0 Å². The van der Waals surface area contributed by atoms with E-state index in [9.17, 15) is 13.6 Å². The van der Waals surface area contributed by atoms with E-state index in [2.05, 4.69) is 12.2 Å². The Labute approximate surface area is 122 Å². The summed E-state index contributed by atoms with van der Waals surface area (Å²) in [6, 6.07) is 4.11. The highest BCUT2D eigenvalue weighted by Gasteiger charge is 2.22. The molecule has 1 aromatic rings. The summed E-state index contributed by atoms with van der Waals surface area (Å²) in [5, 5.41) is 3.03. The van der Waals surface area contributed by atoms with Crippen LogP contribution in [0.1, 0.15) is 32.6 Å². The number of carbonyl (C=O) groups excluding carboxylic acids is 1. The molecule has 2 atom stereocenters. The molecule has 1 saturated carbocycles. The molecule has 0 aromatic heterocycles. The first kappa shape index (κ1) is 15.3. The van der Waals surface area contributed by atoms with E-state index in [4.69, 9.17) is 0 Å². The first-order valence-electron chi connectivity index (χ1n) is 6.92. The van der Waals surface area contributed by atoms with E-state index in [-0.39, 0.29) is 5.91 Å². The molecule has 0 aliphatic heterocycles.